The van der Waals surface area contributed by atoms with Crippen molar-refractivity contribution in [2.75, 3.05) is 7.05 Å². The zero-order valence-corrected chi connectivity index (χ0v) is 9.73. The highest BCUT2D eigenvalue weighted by molar-refractivity contribution is 6.02. The van der Waals surface area contributed by atoms with Gasteiger partial charge < -0.3 is 4.42 Å². The average molecular weight is 223 g/mol. The lowest BCUT2D eigenvalue weighted by atomic mass is 10.2. The zero-order chi connectivity index (χ0) is 12.0. The fourth-order valence-corrected chi connectivity index (χ4v) is 1.37. The van der Waals surface area contributed by atoms with Gasteiger partial charge in [0.25, 0.3) is 5.91 Å². The molecule has 88 valence electrons. The van der Waals surface area contributed by atoms with Gasteiger partial charge in [0, 0.05) is 13.5 Å². The molecule has 0 aliphatic rings. The standard InChI is InChI=1S/C12H17NO3/c1-3-4-5-8-11(14)13(2)12(15)10-7-6-9-16-10/h6-7,9H,3-5,8H2,1-2H3. The molecule has 0 spiro atoms. The van der Waals surface area contributed by atoms with E-state index in [0.717, 1.165) is 24.2 Å². The number of amides is 2. The van der Waals surface area contributed by atoms with E-state index in [9.17, 15) is 9.59 Å². The first-order chi connectivity index (χ1) is 7.66. The molecule has 0 saturated carbocycles. The number of furan rings is 1. The lowest BCUT2D eigenvalue weighted by Crippen LogP contribution is -2.32. The minimum Gasteiger partial charge on any atom is -0.459 e. The van der Waals surface area contributed by atoms with Crippen LogP contribution in [-0.4, -0.2) is 23.8 Å². The minimum atomic E-state index is -0.383. The Labute approximate surface area is 95.2 Å². The van der Waals surface area contributed by atoms with E-state index in [0.29, 0.717) is 6.42 Å². The normalized spacial score (nSPS) is 10.1. The molecule has 1 rings (SSSR count). The molecule has 0 unspecified atom stereocenters. The van der Waals surface area contributed by atoms with Gasteiger partial charge in [-0.15, -0.1) is 0 Å². The number of rotatable bonds is 5. The fourth-order valence-electron chi connectivity index (χ4n) is 1.37. The maximum Gasteiger partial charge on any atom is 0.295 e. The predicted molar refractivity (Wildman–Crippen MR) is 60.0 cm³/mol. The van der Waals surface area contributed by atoms with Gasteiger partial charge in [0.15, 0.2) is 5.76 Å². The Morgan fingerprint density at radius 3 is 2.69 bits per heavy atom. The van der Waals surface area contributed by atoms with Crippen LogP contribution < -0.4 is 0 Å². The summed E-state index contributed by atoms with van der Waals surface area (Å²) in [6.07, 6.45) is 4.72. The average Bonchev–Trinajstić information content (AvgIpc) is 2.80. The van der Waals surface area contributed by atoms with Crippen molar-refractivity contribution < 1.29 is 14.0 Å². The van der Waals surface area contributed by atoms with Crippen LogP contribution in [-0.2, 0) is 4.79 Å². The molecule has 4 heteroatoms. The van der Waals surface area contributed by atoms with E-state index in [-0.39, 0.29) is 17.6 Å². The molecule has 0 aromatic carbocycles. The Hall–Kier alpha value is -1.58. The van der Waals surface area contributed by atoms with Crippen molar-refractivity contribution >= 4 is 11.8 Å². The zero-order valence-electron chi connectivity index (χ0n) is 9.73. The lowest BCUT2D eigenvalue weighted by Gasteiger charge is -2.13. The molecule has 0 fully saturated rings. The molecular formula is C12H17NO3. The van der Waals surface area contributed by atoms with Crippen molar-refractivity contribution in [2.24, 2.45) is 0 Å². The number of nitrogens with zero attached hydrogens (tertiary/aromatic N) is 1. The van der Waals surface area contributed by atoms with Crippen LogP contribution >= 0.6 is 0 Å². The van der Waals surface area contributed by atoms with E-state index < -0.39 is 0 Å². The van der Waals surface area contributed by atoms with Crippen molar-refractivity contribution in [3.63, 3.8) is 0 Å². The van der Waals surface area contributed by atoms with Crippen LogP contribution in [0.25, 0.3) is 0 Å². The molecule has 0 saturated heterocycles. The van der Waals surface area contributed by atoms with Gasteiger partial charge in [0.05, 0.1) is 6.26 Å². The third kappa shape index (κ3) is 3.22. The topological polar surface area (TPSA) is 50.5 Å². The number of carbonyl (C=O) groups excluding carboxylic acids is 2. The van der Waals surface area contributed by atoms with E-state index in [1.165, 1.54) is 13.3 Å². The highest BCUT2D eigenvalue weighted by atomic mass is 16.3. The predicted octanol–water partition coefficient (Wildman–Crippen LogP) is 2.46. The van der Waals surface area contributed by atoms with Gasteiger partial charge in [0.2, 0.25) is 5.91 Å². The summed E-state index contributed by atoms with van der Waals surface area (Å²) in [6.45, 7) is 2.07. The Morgan fingerprint density at radius 1 is 1.38 bits per heavy atom. The number of carbonyl (C=O) groups is 2. The van der Waals surface area contributed by atoms with E-state index in [4.69, 9.17) is 4.42 Å². The smallest absolute Gasteiger partial charge is 0.295 e. The lowest BCUT2D eigenvalue weighted by molar-refractivity contribution is -0.127. The number of unbranched alkanes of at least 4 members (excludes halogenated alkanes) is 2. The first-order valence-corrected chi connectivity index (χ1v) is 5.51. The van der Waals surface area contributed by atoms with Crippen LogP contribution in [0.2, 0.25) is 0 Å². The Kier molecular flexibility index (Phi) is 4.76. The van der Waals surface area contributed by atoms with Crippen molar-refractivity contribution in [1.82, 2.24) is 4.90 Å². The summed E-state index contributed by atoms with van der Waals surface area (Å²) in [7, 11) is 1.49. The Bertz CT molecular complexity index is 343. The van der Waals surface area contributed by atoms with Crippen LogP contribution in [0.4, 0.5) is 0 Å². The largest absolute Gasteiger partial charge is 0.459 e. The third-order valence-corrected chi connectivity index (χ3v) is 2.40. The van der Waals surface area contributed by atoms with Gasteiger partial charge in [0.1, 0.15) is 0 Å². The van der Waals surface area contributed by atoms with Gasteiger partial charge in [-0.3, -0.25) is 14.5 Å². The molecule has 0 radical (unpaired) electrons. The molecule has 1 aromatic rings. The first-order valence-electron chi connectivity index (χ1n) is 5.51. The number of hydrogen-bond donors (Lipinski definition) is 0. The van der Waals surface area contributed by atoms with Crippen LogP contribution in [0.15, 0.2) is 22.8 Å². The van der Waals surface area contributed by atoms with Crippen molar-refractivity contribution in [1.29, 1.82) is 0 Å². The van der Waals surface area contributed by atoms with E-state index in [1.54, 1.807) is 12.1 Å². The maximum absolute atomic E-state index is 11.7. The molecule has 1 aromatic heterocycles. The summed E-state index contributed by atoms with van der Waals surface area (Å²) in [5, 5.41) is 0. The van der Waals surface area contributed by atoms with Crippen LogP contribution in [0.3, 0.4) is 0 Å². The van der Waals surface area contributed by atoms with Crippen LogP contribution in [0.5, 0.6) is 0 Å². The van der Waals surface area contributed by atoms with E-state index >= 15 is 0 Å². The second-order valence-electron chi connectivity index (χ2n) is 3.69. The first kappa shape index (κ1) is 12.5. The molecule has 0 atom stereocenters. The fraction of sp³-hybridized carbons (Fsp3) is 0.500. The molecule has 0 N–H and O–H groups in total. The number of hydrogen-bond acceptors (Lipinski definition) is 3. The molecule has 0 aliphatic heterocycles. The van der Waals surface area contributed by atoms with E-state index in [1.807, 2.05) is 0 Å². The van der Waals surface area contributed by atoms with E-state index in [2.05, 4.69) is 6.92 Å². The Balaban J connectivity index is 2.47. The minimum absolute atomic E-state index is 0.158. The molecule has 2 amide bonds. The molecule has 0 aliphatic carbocycles. The van der Waals surface area contributed by atoms with Gasteiger partial charge in [-0.25, -0.2) is 0 Å². The summed E-state index contributed by atoms with van der Waals surface area (Å²) in [5.41, 5.74) is 0. The van der Waals surface area contributed by atoms with Gasteiger partial charge in [-0.1, -0.05) is 19.8 Å². The quantitative estimate of drug-likeness (QED) is 0.720. The SMILES string of the molecule is CCCCCC(=O)N(C)C(=O)c1ccco1. The molecule has 0 bridgehead atoms. The second-order valence-corrected chi connectivity index (χ2v) is 3.69. The highest BCUT2D eigenvalue weighted by Gasteiger charge is 2.19. The van der Waals surface area contributed by atoms with Gasteiger partial charge in [-0.2, -0.15) is 0 Å². The second kappa shape index (κ2) is 6.10. The van der Waals surface area contributed by atoms with Crippen molar-refractivity contribution in [3.05, 3.63) is 24.2 Å². The van der Waals surface area contributed by atoms with Gasteiger partial charge >= 0.3 is 0 Å². The monoisotopic (exact) mass is 223 g/mol. The summed E-state index contributed by atoms with van der Waals surface area (Å²) in [4.78, 5) is 24.4. The summed E-state index contributed by atoms with van der Waals surface area (Å²) in [6, 6.07) is 3.18. The van der Waals surface area contributed by atoms with Crippen molar-refractivity contribution in [2.45, 2.75) is 32.6 Å². The van der Waals surface area contributed by atoms with Crippen LogP contribution in [0, 0.1) is 0 Å². The third-order valence-electron chi connectivity index (χ3n) is 2.40. The van der Waals surface area contributed by atoms with Gasteiger partial charge in [-0.05, 0) is 18.6 Å². The van der Waals surface area contributed by atoms with Crippen LogP contribution in [0.1, 0.15) is 43.2 Å². The maximum atomic E-state index is 11.7. The molecular weight excluding hydrogens is 206 g/mol. The number of imide groups is 1. The summed E-state index contributed by atoms with van der Waals surface area (Å²) < 4.78 is 4.95. The summed E-state index contributed by atoms with van der Waals surface area (Å²) in [5.74, 6) is -0.340. The van der Waals surface area contributed by atoms with Crippen molar-refractivity contribution in [3.8, 4) is 0 Å². The Morgan fingerprint density at radius 2 is 2.12 bits per heavy atom. The highest BCUT2D eigenvalue weighted by Crippen LogP contribution is 2.07. The molecule has 1 heterocycles. The molecule has 16 heavy (non-hydrogen) atoms. The molecule has 4 nitrogen and oxygen atoms in total. The summed E-state index contributed by atoms with van der Waals surface area (Å²) >= 11 is 0.